The average molecular weight is 335 g/mol. The summed E-state index contributed by atoms with van der Waals surface area (Å²) < 4.78 is 25.2. The van der Waals surface area contributed by atoms with Gasteiger partial charge in [-0.2, -0.15) is 5.26 Å². The Bertz CT molecular complexity index is 724. The lowest BCUT2D eigenvalue weighted by molar-refractivity contribution is -0.131. The van der Waals surface area contributed by atoms with E-state index in [9.17, 15) is 13.2 Å². The molecule has 1 atom stereocenters. The number of carbonyl (C=O) groups excluding carboxylic acids is 1. The molecule has 0 N–H and O–H groups in total. The van der Waals surface area contributed by atoms with Crippen LogP contribution in [0.25, 0.3) is 0 Å². The summed E-state index contributed by atoms with van der Waals surface area (Å²) in [6.07, 6.45) is 3.09. The van der Waals surface area contributed by atoms with Crippen molar-refractivity contribution in [3.63, 3.8) is 0 Å². The lowest BCUT2D eigenvalue weighted by Crippen LogP contribution is -2.46. The Morgan fingerprint density at radius 2 is 2.22 bits per heavy atom. The topological polar surface area (TPSA) is 81.5 Å². The molecule has 2 rings (SSSR count). The molecule has 6 nitrogen and oxygen atoms in total. The molecule has 0 radical (unpaired) electrons. The molecule has 1 unspecified atom stereocenters. The maximum absolute atomic E-state index is 12.5. The van der Waals surface area contributed by atoms with Gasteiger partial charge in [-0.1, -0.05) is 13.0 Å². The summed E-state index contributed by atoms with van der Waals surface area (Å²) in [6, 6.07) is 8.26. The molecule has 1 fully saturated rings. The fourth-order valence-corrected chi connectivity index (χ4v) is 3.61. The second kappa shape index (κ2) is 7.01. The van der Waals surface area contributed by atoms with Gasteiger partial charge >= 0.3 is 0 Å². The first-order chi connectivity index (χ1) is 10.8. The Kier molecular flexibility index (Phi) is 5.26. The number of carbonyl (C=O) groups is 1. The van der Waals surface area contributed by atoms with Gasteiger partial charge in [0.15, 0.2) is 0 Å². The summed E-state index contributed by atoms with van der Waals surface area (Å²) in [4.78, 5) is 14.2. The van der Waals surface area contributed by atoms with Crippen molar-refractivity contribution < 1.29 is 13.2 Å². The lowest BCUT2D eigenvalue weighted by Gasteiger charge is -2.33. The maximum Gasteiger partial charge on any atom is 0.243 e. The monoisotopic (exact) mass is 335 g/mol. The van der Waals surface area contributed by atoms with Gasteiger partial charge in [0, 0.05) is 13.1 Å². The molecular formula is C16H21N3O3S. The second-order valence-electron chi connectivity index (χ2n) is 6.02. The molecule has 1 saturated heterocycles. The standard InChI is InChI=1S/C16H21N3O3S/c1-13-5-4-8-18(11-13)16(20)12-19(23(2,21)22)15-7-3-6-14(9-15)10-17/h3,6-7,9,13H,4-5,8,11-12H2,1-2H3. The van der Waals surface area contributed by atoms with Gasteiger partial charge in [-0.15, -0.1) is 0 Å². The molecule has 0 saturated carbocycles. The van der Waals surface area contributed by atoms with Crippen LogP contribution in [0.15, 0.2) is 24.3 Å². The number of hydrogen-bond donors (Lipinski definition) is 0. The van der Waals surface area contributed by atoms with E-state index in [1.165, 1.54) is 6.07 Å². The van der Waals surface area contributed by atoms with Crippen molar-refractivity contribution in [2.75, 3.05) is 30.2 Å². The van der Waals surface area contributed by atoms with Gasteiger partial charge in [-0.25, -0.2) is 8.42 Å². The Hall–Kier alpha value is -2.07. The summed E-state index contributed by atoms with van der Waals surface area (Å²) in [7, 11) is -3.61. The Morgan fingerprint density at radius 3 is 2.83 bits per heavy atom. The van der Waals surface area contributed by atoms with Crippen LogP contribution in [-0.2, 0) is 14.8 Å². The third-order valence-corrected chi connectivity index (χ3v) is 5.09. The summed E-state index contributed by atoms with van der Waals surface area (Å²) >= 11 is 0. The highest BCUT2D eigenvalue weighted by molar-refractivity contribution is 7.92. The zero-order valence-electron chi connectivity index (χ0n) is 13.4. The SMILES string of the molecule is CC1CCCN(C(=O)CN(c2cccc(C#N)c2)S(C)(=O)=O)C1. The molecule has 1 aliphatic heterocycles. The Morgan fingerprint density at radius 1 is 1.48 bits per heavy atom. The molecular weight excluding hydrogens is 314 g/mol. The van der Waals surface area contributed by atoms with Crippen LogP contribution >= 0.6 is 0 Å². The van der Waals surface area contributed by atoms with Crippen molar-refractivity contribution in [3.05, 3.63) is 29.8 Å². The van der Waals surface area contributed by atoms with Crippen molar-refractivity contribution in [3.8, 4) is 6.07 Å². The number of hydrogen-bond acceptors (Lipinski definition) is 4. The number of anilines is 1. The molecule has 23 heavy (non-hydrogen) atoms. The van der Waals surface area contributed by atoms with E-state index >= 15 is 0 Å². The van der Waals surface area contributed by atoms with E-state index in [-0.39, 0.29) is 12.5 Å². The molecule has 0 aliphatic carbocycles. The van der Waals surface area contributed by atoms with Crippen LogP contribution < -0.4 is 4.31 Å². The van der Waals surface area contributed by atoms with Crippen LogP contribution in [0.3, 0.4) is 0 Å². The van der Waals surface area contributed by atoms with Gasteiger partial charge in [0.1, 0.15) is 6.54 Å². The fraction of sp³-hybridized carbons (Fsp3) is 0.500. The number of sulfonamides is 1. The highest BCUT2D eigenvalue weighted by Crippen LogP contribution is 2.21. The summed E-state index contributed by atoms with van der Waals surface area (Å²) in [5.41, 5.74) is 0.695. The number of amides is 1. The van der Waals surface area contributed by atoms with E-state index in [2.05, 4.69) is 6.92 Å². The first-order valence-corrected chi connectivity index (χ1v) is 9.41. The van der Waals surface area contributed by atoms with E-state index in [4.69, 9.17) is 5.26 Å². The molecule has 7 heteroatoms. The summed E-state index contributed by atoms with van der Waals surface area (Å²) in [6.45, 7) is 3.18. The van der Waals surface area contributed by atoms with Crippen LogP contribution in [-0.4, -0.2) is 45.1 Å². The molecule has 1 aromatic carbocycles. The highest BCUT2D eigenvalue weighted by atomic mass is 32.2. The maximum atomic E-state index is 12.5. The van der Waals surface area contributed by atoms with Crippen molar-refractivity contribution in [2.45, 2.75) is 19.8 Å². The third kappa shape index (κ3) is 4.45. The molecule has 1 heterocycles. The van der Waals surface area contributed by atoms with E-state index in [0.717, 1.165) is 23.4 Å². The number of likely N-dealkylation sites (tertiary alicyclic amines) is 1. The minimum atomic E-state index is -3.61. The van der Waals surface area contributed by atoms with Gasteiger partial charge in [-0.05, 0) is 37.0 Å². The number of nitriles is 1. The average Bonchev–Trinajstić information content (AvgIpc) is 2.51. The highest BCUT2D eigenvalue weighted by Gasteiger charge is 2.26. The summed E-state index contributed by atoms with van der Waals surface area (Å²) in [5.74, 6) is 0.227. The van der Waals surface area contributed by atoms with E-state index < -0.39 is 10.0 Å². The third-order valence-electron chi connectivity index (χ3n) is 3.95. The molecule has 124 valence electrons. The molecule has 0 bridgehead atoms. The molecule has 1 aromatic rings. The minimum absolute atomic E-state index is 0.204. The number of rotatable bonds is 4. The largest absolute Gasteiger partial charge is 0.341 e. The van der Waals surface area contributed by atoms with Crippen LogP contribution in [0, 0.1) is 17.2 Å². The second-order valence-corrected chi connectivity index (χ2v) is 7.93. The smallest absolute Gasteiger partial charge is 0.243 e. The van der Waals surface area contributed by atoms with Crippen molar-refractivity contribution >= 4 is 21.6 Å². The Balaban J connectivity index is 2.23. The molecule has 0 spiro atoms. The van der Waals surface area contributed by atoms with Crippen LogP contribution in [0.2, 0.25) is 0 Å². The van der Waals surface area contributed by atoms with Crippen molar-refractivity contribution in [1.82, 2.24) is 4.90 Å². The predicted octanol–water partition coefficient (Wildman–Crippen LogP) is 1.58. The van der Waals surface area contributed by atoms with Crippen molar-refractivity contribution in [2.24, 2.45) is 5.92 Å². The van der Waals surface area contributed by atoms with E-state index in [1.807, 2.05) is 6.07 Å². The van der Waals surface area contributed by atoms with Crippen molar-refractivity contribution in [1.29, 1.82) is 5.26 Å². The van der Waals surface area contributed by atoms with E-state index in [1.54, 1.807) is 23.1 Å². The minimum Gasteiger partial charge on any atom is -0.341 e. The van der Waals surface area contributed by atoms with E-state index in [0.29, 0.717) is 30.3 Å². The number of nitrogens with zero attached hydrogens (tertiary/aromatic N) is 3. The number of benzene rings is 1. The quantitative estimate of drug-likeness (QED) is 0.836. The first-order valence-electron chi connectivity index (χ1n) is 7.57. The van der Waals surface area contributed by atoms with Crippen LogP contribution in [0.1, 0.15) is 25.3 Å². The van der Waals surface area contributed by atoms with Gasteiger partial charge in [0.25, 0.3) is 0 Å². The van der Waals surface area contributed by atoms with Gasteiger partial charge < -0.3 is 4.90 Å². The lowest BCUT2D eigenvalue weighted by atomic mass is 10.0. The molecule has 0 aromatic heterocycles. The zero-order chi connectivity index (χ0) is 17.0. The fourth-order valence-electron chi connectivity index (χ4n) is 2.77. The zero-order valence-corrected chi connectivity index (χ0v) is 14.2. The Labute approximate surface area is 137 Å². The number of piperidine rings is 1. The molecule has 1 amide bonds. The molecule has 1 aliphatic rings. The van der Waals surface area contributed by atoms with Crippen LogP contribution in [0.5, 0.6) is 0 Å². The normalized spacial score (nSPS) is 18.3. The van der Waals surface area contributed by atoms with Gasteiger partial charge in [0.05, 0.1) is 23.6 Å². The first kappa shape index (κ1) is 17.3. The summed E-state index contributed by atoms with van der Waals surface area (Å²) in [5, 5.41) is 8.97. The van der Waals surface area contributed by atoms with Gasteiger partial charge in [0.2, 0.25) is 15.9 Å². The van der Waals surface area contributed by atoms with Crippen LogP contribution in [0.4, 0.5) is 5.69 Å². The van der Waals surface area contributed by atoms with Gasteiger partial charge in [-0.3, -0.25) is 9.10 Å². The predicted molar refractivity (Wildman–Crippen MR) is 88.3 cm³/mol.